The topological polar surface area (TPSA) is 20.2 Å². The standard InChI is InChI=1S/C8H5ClF4OS/c9-3-1-4(10)5(14)2-6(3)15-8(13)7(11)12/h1-2,7-8,14H. The molecule has 0 aliphatic rings. The third kappa shape index (κ3) is 3.17. The molecule has 1 nitrogen and oxygen atoms in total. The number of rotatable bonds is 3. The van der Waals surface area contributed by atoms with Gasteiger partial charge in [-0.15, -0.1) is 0 Å². The number of aromatic hydroxyl groups is 1. The van der Waals surface area contributed by atoms with Crippen molar-refractivity contribution in [2.75, 3.05) is 0 Å². The van der Waals surface area contributed by atoms with Gasteiger partial charge in [0.1, 0.15) is 0 Å². The Balaban J connectivity index is 2.91. The molecule has 0 amide bonds. The number of hydrogen-bond donors (Lipinski definition) is 1. The van der Waals surface area contributed by atoms with E-state index in [-0.39, 0.29) is 21.7 Å². The predicted molar refractivity (Wildman–Crippen MR) is 49.8 cm³/mol. The SMILES string of the molecule is Oc1cc(SC(F)C(F)F)c(Cl)cc1F. The summed E-state index contributed by atoms with van der Waals surface area (Å²) in [5.74, 6) is -1.75. The maximum Gasteiger partial charge on any atom is 0.278 e. The smallest absolute Gasteiger partial charge is 0.278 e. The third-order valence-corrected chi connectivity index (χ3v) is 2.89. The van der Waals surface area contributed by atoms with E-state index >= 15 is 0 Å². The second-order valence-electron chi connectivity index (χ2n) is 2.54. The second-order valence-corrected chi connectivity index (χ2v) is 4.07. The molecule has 0 aromatic heterocycles. The van der Waals surface area contributed by atoms with Crippen LogP contribution in [0.15, 0.2) is 17.0 Å². The highest BCUT2D eigenvalue weighted by Crippen LogP contribution is 2.36. The van der Waals surface area contributed by atoms with Crippen molar-refractivity contribution in [2.24, 2.45) is 0 Å². The van der Waals surface area contributed by atoms with E-state index in [9.17, 15) is 17.6 Å². The van der Waals surface area contributed by atoms with E-state index in [0.717, 1.165) is 12.1 Å². The maximum absolute atomic E-state index is 12.7. The van der Waals surface area contributed by atoms with Crippen molar-refractivity contribution in [1.82, 2.24) is 0 Å². The van der Waals surface area contributed by atoms with Crippen LogP contribution in [0.2, 0.25) is 5.02 Å². The van der Waals surface area contributed by atoms with Gasteiger partial charge in [0.2, 0.25) is 5.50 Å². The summed E-state index contributed by atoms with van der Waals surface area (Å²) in [6, 6.07) is 1.54. The van der Waals surface area contributed by atoms with Gasteiger partial charge >= 0.3 is 0 Å². The van der Waals surface area contributed by atoms with E-state index in [1.807, 2.05) is 0 Å². The molecule has 0 bridgehead atoms. The third-order valence-electron chi connectivity index (χ3n) is 1.44. The molecule has 1 unspecified atom stereocenters. The van der Waals surface area contributed by atoms with E-state index in [1.54, 1.807) is 0 Å². The van der Waals surface area contributed by atoms with E-state index in [0.29, 0.717) is 0 Å². The van der Waals surface area contributed by atoms with Crippen LogP contribution >= 0.6 is 23.4 Å². The van der Waals surface area contributed by atoms with Gasteiger partial charge < -0.3 is 5.11 Å². The molecule has 0 saturated heterocycles. The van der Waals surface area contributed by atoms with E-state index in [4.69, 9.17) is 16.7 Å². The number of hydrogen-bond acceptors (Lipinski definition) is 2. The summed E-state index contributed by atoms with van der Waals surface area (Å²) >= 11 is 5.59. The van der Waals surface area contributed by atoms with Gasteiger partial charge in [-0.1, -0.05) is 23.4 Å². The molecule has 0 saturated carbocycles. The van der Waals surface area contributed by atoms with Crippen LogP contribution in [-0.4, -0.2) is 17.0 Å². The fourth-order valence-electron chi connectivity index (χ4n) is 0.781. The predicted octanol–water partition coefficient (Wildman–Crippen LogP) is 3.84. The lowest BCUT2D eigenvalue weighted by molar-refractivity contribution is 0.0953. The largest absolute Gasteiger partial charge is 0.505 e. The van der Waals surface area contributed by atoms with Crippen molar-refractivity contribution in [1.29, 1.82) is 0 Å². The summed E-state index contributed by atoms with van der Waals surface area (Å²) in [4.78, 5) is -0.136. The highest BCUT2D eigenvalue weighted by Gasteiger charge is 2.22. The molecule has 1 N–H and O–H groups in total. The van der Waals surface area contributed by atoms with Gasteiger partial charge in [-0.05, 0) is 12.1 Å². The molecule has 0 aliphatic carbocycles. The number of thioether (sulfide) groups is 1. The summed E-state index contributed by atoms with van der Waals surface area (Å²) in [7, 11) is 0. The summed E-state index contributed by atoms with van der Waals surface area (Å²) in [5.41, 5.74) is -2.47. The lowest BCUT2D eigenvalue weighted by Gasteiger charge is -2.08. The highest BCUT2D eigenvalue weighted by atomic mass is 35.5. The average molecular weight is 261 g/mol. The fourth-order valence-corrected chi connectivity index (χ4v) is 1.76. The van der Waals surface area contributed by atoms with Crippen LogP contribution in [-0.2, 0) is 0 Å². The van der Waals surface area contributed by atoms with Crippen molar-refractivity contribution in [2.45, 2.75) is 16.8 Å². The Hall–Kier alpha value is -0.620. The number of phenols is 1. The van der Waals surface area contributed by atoms with Crippen molar-refractivity contribution in [3.8, 4) is 5.75 Å². The molecule has 1 aromatic rings. The Morgan fingerprint density at radius 2 is 1.87 bits per heavy atom. The molecule has 0 heterocycles. The average Bonchev–Trinajstić information content (AvgIpc) is 2.13. The first kappa shape index (κ1) is 12.4. The first-order valence-corrected chi connectivity index (χ1v) is 4.94. The van der Waals surface area contributed by atoms with Gasteiger partial charge in [0, 0.05) is 4.90 Å². The zero-order chi connectivity index (χ0) is 11.6. The van der Waals surface area contributed by atoms with Gasteiger partial charge in [-0.25, -0.2) is 17.6 Å². The molecular weight excluding hydrogens is 256 g/mol. The molecular formula is C8H5ClF4OS. The van der Waals surface area contributed by atoms with Crippen LogP contribution < -0.4 is 0 Å². The minimum Gasteiger partial charge on any atom is -0.505 e. The molecule has 1 aromatic carbocycles. The molecule has 1 rings (SSSR count). The van der Waals surface area contributed by atoms with Gasteiger partial charge in [0.15, 0.2) is 11.6 Å². The summed E-state index contributed by atoms with van der Waals surface area (Å²) in [5, 5.41) is 8.70. The first-order valence-electron chi connectivity index (χ1n) is 3.68. The monoisotopic (exact) mass is 260 g/mol. The number of halogens is 5. The molecule has 0 radical (unpaired) electrons. The van der Waals surface area contributed by atoms with Crippen molar-refractivity contribution >= 4 is 23.4 Å². The molecule has 0 aliphatic heterocycles. The maximum atomic E-state index is 12.7. The zero-order valence-electron chi connectivity index (χ0n) is 7.05. The minimum atomic E-state index is -3.17. The van der Waals surface area contributed by atoms with E-state index in [1.165, 1.54) is 0 Å². The molecule has 0 spiro atoms. The Morgan fingerprint density at radius 1 is 1.27 bits per heavy atom. The van der Waals surface area contributed by atoms with E-state index < -0.39 is 23.5 Å². The molecule has 1 atom stereocenters. The van der Waals surface area contributed by atoms with Gasteiger partial charge in [0.05, 0.1) is 5.02 Å². The normalized spacial score (nSPS) is 13.2. The molecule has 84 valence electrons. The highest BCUT2D eigenvalue weighted by molar-refractivity contribution is 8.00. The molecule has 0 fully saturated rings. The van der Waals surface area contributed by atoms with Crippen LogP contribution in [0.1, 0.15) is 0 Å². The first-order chi connectivity index (χ1) is 6.91. The quantitative estimate of drug-likeness (QED) is 0.658. The van der Waals surface area contributed by atoms with Gasteiger partial charge in [0.25, 0.3) is 6.43 Å². The summed E-state index contributed by atoms with van der Waals surface area (Å²) < 4.78 is 49.0. The van der Waals surface area contributed by atoms with Crippen molar-refractivity contribution < 1.29 is 22.7 Å². The molecule has 7 heteroatoms. The fraction of sp³-hybridized carbons (Fsp3) is 0.250. The van der Waals surface area contributed by atoms with Gasteiger partial charge in [-0.2, -0.15) is 0 Å². The Bertz CT molecular complexity index is 361. The Morgan fingerprint density at radius 3 is 2.40 bits per heavy atom. The Kier molecular flexibility index (Phi) is 4.10. The zero-order valence-corrected chi connectivity index (χ0v) is 8.63. The summed E-state index contributed by atoms with van der Waals surface area (Å²) in [6.45, 7) is 0. The number of alkyl halides is 3. The number of benzene rings is 1. The van der Waals surface area contributed by atoms with Crippen LogP contribution in [0, 0.1) is 5.82 Å². The summed E-state index contributed by atoms with van der Waals surface area (Å²) in [6.07, 6.45) is -3.17. The Labute approximate surface area is 92.0 Å². The van der Waals surface area contributed by atoms with Crippen LogP contribution in [0.25, 0.3) is 0 Å². The molecule has 15 heavy (non-hydrogen) atoms. The van der Waals surface area contributed by atoms with Crippen LogP contribution in [0.3, 0.4) is 0 Å². The minimum absolute atomic E-state index is 0.126. The lowest BCUT2D eigenvalue weighted by Crippen LogP contribution is -2.06. The van der Waals surface area contributed by atoms with E-state index in [2.05, 4.69) is 0 Å². The van der Waals surface area contributed by atoms with Crippen molar-refractivity contribution in [3.05, 3.63) is 23.0 Å². The van der Waals surface area contributed by atoms with Crippen LogP contribution in [0.5, 0.6) is 5.75 Å². The number of phenolic OH excluding ortho intramolecular Hbond substituents is 1. The van der Waals surface area contributed by atoms with Gasteiger partial charge in [-0.3, -0.25) is 0 Å². The lowest BCUT2D eigenvalue weighted by atomic mass is 10.3. The second kappa shape index (κ2) is 4.94. The van der Waals surface area contributed by atoms with Crippen molar-refractivity contribution in [3.63, 3.8) is 0 Å². The van der Waals surface area contributed by atoms with Crippen LogP contribution in [0.4, 0.5) is 17.6 Å².